The molecular formula is C13H13FN2O2S. The van der Waals surface area contributed by atoms with Gasteiger partial charge in [-0.05, 0) is 23.9 Å². The number of carbonyl (C=O) groups is 1. The summed E-state index contributed by atoms with van der Waals surface area (Å²) in [4.78, 5) is 16.0. The number of hydrogen-bond acceptors (Lipinski definition) is 4. The average molecular weight is 280 g/mol. The summed E-state index contributed by atoms with van der Waals surface area (Å²) in [7, 11) is 0. The molecule has 0 radical (unpaired) electrons. The Morgan fingerprint density at radius 2 is 2.42 bits per heavy atom. The van der Waals surface area contributed by atoms with Crippen molar-refractivity contribution in [3.8, 4) is 0 Å². The van der Waals surface area contributed by atoms with E-state index in [0.717, 1.165) is 23.6 Å². The van der Waals surface area contributed by atoms with Crippen LogP contribution in [0.5, 0.6) is 0 Å². The monoisotopic (exact) mass is 280 g/mol. The molecule has 4 nitrogen and oxygen atoms in total. The van der Waals surface area contributed by atoms with Crippen molar-refractivity contribution >= 4 is 23.1 Å². The predicted molar refractivity (Wildman–Crippen MR) is 72.1 cm³/mol. The lowest BCUT2D eigenvalue weighted by molar-refractivity contribution is 0.0697. The van der Waals surface area contributed by atoms with Gasteiger partial charge in [0, 0.05) is 4.88 Å². The van der Waals surface area contributed by atoms with Crippen LogP contribution in [0, 0.1) is 5.82 Å². The van der Waals surface area contributed by atoms with E-state index in [1.54, 1.807) is 11.3 Å². The Kier molecular flexibility index (Phi) is 4.11. The van der Waals surface area contributed by atoms with Crippen LogP contribution in [0.25, 0.3) is 0 Å². The lowest BCUT2D eigenvalue weighted by atomic mass is 10.1. The van der Waals surface area contributed by atoms with Gasteiger partial charge < -0.3 is 10.4 Å². The number of halogens is 1. The molecular weight excluding hydrogens is 267 g/mol. The molecule has 2 aromatic heterocycles. The van der Waals surface area contributed by atoms with E-state index >= 15 is 0 Å². The first-order chi connectivity index (χ1) is 9.11. The maximum absolute atomic E-state index is 13.0. The van der Waals surface area contributed by atoms with Crippen molar-refractivity contribution in [3.05, 3.63) is 46.0 Å². The largest absolute Gasteiger partial charge is 0.478 e. The second kappa shape index (κ2) is 5.79. The summed E-state index contributed by atoms with van der Waals surface area (Å²) in [5, 5.41) is 14.1. The van der Waals surface area contributed by atoms with Crippen molar-refractivity contribution in [2.45, 2.75) is 19.4 Å². The molecule has 0 aromatic carbocycles. The van der Waals surface area contributed by atoms with Crippen LogP contribution < -0.4 is 5.32 Å². The van der Waals surface area contributed by atoms with Crippen LogP contribution in [0.2, 0.25) is 0 Å². The molecule has 1 atom stereocenters. The Morgan fingerprint density at radius 1 is 1.63 bits per heavy atom. The quantitative estimate of drug-likeness (QED) is 0.879. The number of anilines is 1. The fourth-order valence-electron chi connectivity index (χ4n) is 1.75. The van der Waals surface area contributed by atoms with E-state index in [9.17, 15) is 9.18 Å². The molecule has 19 heavy (non-hydrogen) atoms. The topological polar surface area (TPSA) is 62.2 Å². The number of nitrogens with zero attached hydrogens (tertiary/aromatic N) is 1. The Morgan fingerprint density at radius 3 is 3.00 bits per heavy atom. The molecule has 2 rings (SSSR count). The molecule has 1 unspecified atom stereocenters. The summed E-state index contributed by atoms with van der Waals surface area (Å²) in [6.45, 7) is 1.99. The van der Waals surface area contributed by atoms with Crippen LogP contribution in [-0.4, -0.2) is 16.1 Å². The van der Waals surface area contributed by atoms with Crippen molar-refractivity contribution in [1.29, 1.82) is 0 Å². The molecule has 0 amide bonds. The van der Waals surface area contributed by atoms with Gasteiger partial charge in [-0.1, -0.05) is 13.0 Å². The van der Waals surface area contributed by atoms with Crippen LogP contribution in [0.3, 0.4) is 0 Å². The molecule has 0 aliphatic carbocycles. The highest BCUT2D eigenvalue weighted by Gasteiger charge is 2.17. The van der Waals surface area contributed by atoms with Gasteiger partial charge in [0.05, 0.1) is 12.2 Å². The Bertz CT molecular complexity index is 572. The SMILES string of the molecule is CCC(Nc1ncc(F)cc1C(=O)O)c1cccs1. The first-order valence-corrected chi connectivity index (χ1v) is 6.68. The maximum Gasteiger partial charge on any atom is 0.339 e. The van der Waals surface area contributed by atoms with E-state index in [1.165, 1.54) is 0 Å². The van der Waals surface area contributed by atoms with E-state index in [2.05, 4.69) is 10.3 Å². The summed E-state index contributed by atoms with van der Waals surface area (Å²) in [6, 6.07) is 4.84. The first-order valence-electron chi connectivity index (χ1n) is 5.80. The first kappa shape index (κ1) is 13.5. The zero-order valence-corrected chi connectivity index (χ0v) is 11.1. The van der Waals surface area contributed by atoms with Crippen molar-refractivity contribution in [2.24, 2.45) is 0 Å². The lowest BCUT2D eigenvalue weighted by Gasteiger charge is -2.17. The van der Waals surface area contributed by atoms with E-state index in [-0.39, 0.29) is 17.4 Å². The van der Waals surface area contributed by atoms with Crippen LogP contribution in [-0.2, 0) is 0 Å². The highest BCUT2D eigenvalue weighted by atomic mass is 32.1. The number of carboxylic acids is 1. The van der Waals surface area contributed by atoms with Crippen molar-refractivity contribution in [1.82, 2.24) is 4.98 Å². The number of aromatic nitrogens is 1. The Balaban J connectivity index is 2.29. The normalized spacial score (nSPS) is 12.1. The van der Waals surface area contributed by atoms with Gasteiger partial charge in [0.25, 0.3) is 0 Å². The number of aromatic carboxylic acids is 1. The molecule has 2 heterocycles. The zero-order valence-electron chi connectivity index (χ0n) is 10.3. The molecule has 0 bridgehead atoms. The number of hydrogen-bond donors (Lipinski definition) is 2. The van der Waals surface area contributed by atoms with Gasteiger partial charge in [-0.25, -0.2) is 14.2 Å². The number of carboxylic acid groups (broad SMARTS) is 1. The third kappa shape index (κ3) is 3.08. The van der Waals surface area contributed by atoms with Gasteiger partial charge >= 0.3 is 5.97 Å². The predicted octanol–water partition coefficient (Wildman–Crippen LogP) is 3.54. The molecule has 100 valence electrons. The molecule has 0 spiro atoms. The third-order valence-corrected chi connectivity index (χ3v) is 3.68. The molecule has 2 N–H and O–H groups in total. The Hall–Kier alpha value is -1.95. The summed E-state index contributed by atoms with van der Waals surface area (Å²) in [6.07, 6.45) is 1.79. The van der Waals surface area contributed by atoms with Crippen molar-refractivity contribution in [3.63, 3.8) is 0 Å². The van der Waals surface area contributed by atoms with Gasteiger partial charge in [0.15, 0.2) is 0 Å². The van der Waals surface area contributed by atoms with E-state index in [4.69, 9.17) is 5.11 Å². The number of thiophene rings is 1. The number of nitrogens with one attached hydrogen (secondary N) is 1. The van der Waals surface area contributed by atoms with E-state index in [0.29, 0.717) is 0 Å². The molecule has 2 aromatic rings. The molecule has 0 fully saturated rings. The van der Waals surface area contributed by atoms with E-state index < -0.39 is 11.8 Å². The molecule has 0 aliphatic heterocycles. The van der Waals surface area contributed by atoms with Gasteiger partial charge in [-0.15, -0.1) is 11.3 Å². The Labute approximate surface area is 113 Å². The van der Waals surface area contributed by atoms with Crippen molar-refractivity contribution in [2.75, 3.05) is 5.32 Å². The minimum atomic E-state index is -1.20. The fraction of sp³-hybridized carbons (Fsp3) is 0.231. The second-order valence-corrected chi connectivity index (χ2v) is 4.95. The second-order valence-electron chi connectivity index (χ2n) is 3.98. The fourth-order valence-corrected chi connectivity index (χ4v) is 2.61. The standard InChI is InChI=1S/C13H13FN2O2S/c1-2-10(11-4-3-5-19-11)16-12-9(13(17)18)6-8(14)7-15-12/h3-7,10H,2H2,1H3,(H,15,16)(H,17,18). The molecule has 0 saturated carbocycles. The smallest absolute Gasteiger partial charge is 0.339 e. The van der Waals surface area contributed by atoms with Crippen LogP contribution in [0.4, 0.5) is 10.2 Å². The highest BCUT2D eigenvalue weighted by molar-refractivity contribution is 7.10. The minimum absolute atomic E-state index is 0.0314. The minimum Gasteiger partial charge on any atom is -0.478 e. The van der Waals surface area contributed by atoms with Gasteiger partial charge in [0.2, 0.25) is 0 Å². The number of pyridine rings is 1. The van der Waals surface area contributed by atoms with Crippen LogP contribution in [0.1, 0.15) is 34.6 Å². The highest BCUT2D eigenvalue weighted by Crippen LogP contribution is 2.27. The lowest BCUT2D eigenvalue weighted by Crippen LogP contribution is -2.13. The van der Waals surface area contributed by atoms with Crippen LogP contribution in [0.15, 0.2) is 29.8 Å². The van der Waals surface area contributed by atoms with E-state index in [1.807, 2.05) is 24.4 Å². The molecule has 6 heteroatoms. The summed E-state index contributed by atoms with van der Waals surface area (Å²) >= 11 is 1.58. The van der Waals surface area contributed by atoms with Gasteiger partial charge in [-0.2, -0.15) is 0 Å². The van der Waals surface area contributed by atoms with Crippen molar-refractivity contribution < 1.29 is 14.3 Å². The maximum atomic E-state index is 13.0. The van der Waals surface area contributed by atoms with Gasteiger partial charge in [-0.3, -0.25) is 0 Å². The third-order valence-electron chi connectivity index (χ3n) is 2.69. The average Bonchev–Trinajstić information content (AvgIpc) is 2.90. The summed E-state index contributed by atoms with van der Waals surface area (Å²) in [5.41, 5.74) is -0.157. The summed E-state index contributed by atoms with van der Waals surface area (Å²) < 4.78 is 13.0. The zero-order chi connectivity index (χ0) is 13.8. The number of rotatable bonds is 5. The molecule has 0 saturated heterocycles. The van der Waals surface area contributed by atoms with Gasteiger partial charge in [0.1, 0.15) is 17.2 Å². The summed E-state index contributed by atoms with van der Waals surface area (Å²) in [5.74, 6) is -1.67. The van der Waals surface area contributed by atoms with Crippen LogP contribution >= 0.6 is 11.3 Å². The molecule has 0 aliphatic rings.